The molecule has 0 bridgehead atoms. The van der Waals surface area contributed by atoms with Gasteiger partial charge in [0.15, 0.2) is 6.29 Å². The quantitative estimate of drug-likeness (QED) is 0.265. The van der Waals surface area contributed by atoms with Crippen molar-refractivity contribution >= 4 is 0 Å². The standard InChI is InChI=1S/C13H24O10/c1-21-13-11(20)8(17)6(4(2-14)23-13)12-10(19)9(18)7(16)5(3-15)22-12/h4-20H,2-3H2,1H3/t4-,5-,6-,7+,8+,9+,10-,11-,12?,13+/m1/s1. The second-order valence-corrected chi connectivity index (χ2v) is 5.81. The third-order valence-corrected chi connectivity index (χ3v) is 4.48. The van der Waals surface area contributed by atoms with Gasteiger partial charge in [0, 0.05) is 13.0 Å². The summed E-state index contributed by atoms with van der Waals surface area (Å²) in [5.41, 5.74) is 0. The van der Waals surface area contributed by atoms with Crippen LogP contribution in [-0.4, -0.2) is 111 Å². The van der Waals surface area contributed by atoms with E-state index in [0.717, 1.165) is 0 Å². The van der Waals surface area contributed by atoms with E-state index >= 15 is 0 Å². The monoisotopic (exact) mass is 340 g/mol. The van der Waals surface area contributed by atoms with Gasteiger partial charge in [-0.3, -0.25) is 0 Å². The van der Waals surface area contributed by atoms with Crippen LogP contribution in [0.2, 0.25) is 0 Å². The van der Waals surface area contributed by atoms with E-state index in [9.17, 15) is 35.7 Å². The fourth-order valence-electron chi connectivity index (χ4n) is 3.17. The molecule has 0 saturated carbocycles. The lowest BCUT2D eigenvalue weighted by atomic mass is 9.79. The number of hydrogen-bond acceptors (Lipinski definition) is 10. The minimum Gasteiger partial charge on any atom is -0.394 e. The van der Waals surface area contributed by atoms with Gasteiger partial charge in [0.25, 0.3) is 0 Å². The molecule has 7 N–H and O–H groups in total. The molecule has 0 radical (unpaired) electrons. The van der Waals surface area contributed by atoms with E-state index < -0.39 is 74.3 Å². The van der Waals surface area contributed by atoms with Gasteiger partial charge in [-0.15, -0.1) is 0 Å². The summed E-state index contributed by atoms with van der Waals surface area (Å²) in [5, 5.41) is 68.7. The van der Waals surface area contributed by atoms with Crippen LogP contribution < -0.4 is 0 Å². The Morgan fingerprint density at radius 1 is 0.739 bits per heavy atom. The van der Waals surface area contributed by atoms with E-state index in [2.05, 4.69) is 0 Å². The van der Waals surface area contributed by atoms with Crippen molar-refractivity contribution in [3.8, 4) is 0 Å². The van der Waals surface area contributed by atoms with Crippen molar-refractivity contribution in [1.29, 1.82) is 0 Å². The summed E-state index contributed by atoms with van der Waals surface area (Å²) >= 11 is 0. The van der Waals surface area contributed by atoms with Crippen LogP contribution in [0.25, 0.3) is 0 Å². The van der Waals surface area contributed by atoms with Gasteiger partial charge in [-0.05, 0) is 0 Å². The summed E-state index contributed by atoms with van der Waals surface area (Å²) in [4.78, 5) is 0. The first-order valence-electron chi connectivity index (χ1n) is 7.33. The molecular formula is C13H24O10. The zero-order chi connectivity index (χ0) is 17.3. The molecule has 10 nitrogen and oxygen atoms in total. The average molecular weight is 340 g/mol. The second-order valence-electron chi connectivity index (χ2n) is 5.81. The highest BCUT2D eigenvalue weighted by molar-refractivity contribution is 5.01. The van der Waals surface area contributed by atoms with Gasteiger partial charge >= 0.3 is 0 Å². The highest BCUT2D eigenvalue weighted by Crippen LogP contribution is 2.35. The van der Waals surface area contributed by atoms with Gasteiger partial charge in [-0.2, -0.15) is 0 Å². The molecule has 2 fully saturated rings. The Morgan fingerprint density at radius 2 is 1.35 bits per heavy atom. The Labute approximate surface area is 132 Å². The minimum atomic E-state index is -1.63. The first kappa shape index (κ1) is 18.9. The first-order valence-corrected chi connectivity index (χ1v) is 7.33. The van der Waals surface area contributed by atoms with Crippen LogP contribution in [0.5, 0.6) is 0 Å². The van der Waals surface area contributed by atoms with Crippen molar-refractivity contribution in [2.45, 2.75) is 55.1 Å². The number of hydrogen-bond donors (Lipinski definition) is 7. The first-order chi connectivity index (χ1) is 10.9. The molecule has 0 spiro atoms. The molecule has 2 aliphatic heterocycles. The predicted octanol–water partition coefficient (Wildman–Crippen LogP) is -4.47. The minimum absolute atomic E-state index is 0.566. The van der Waals surface area contributed by atoms with E-state index in [1.807, 2.05) is 0 Å². The maximum Gasteiger partial charge on any atom is 0.186 e. The Morgan fingerprint density at radius 3 is 1.87 bits per heavy atom. The number of rotatable bonds is 4. The van der Waals surface area contributed by atoms with Crippen molar-refractivity contribution in [1.82, 2.24) is 0 Å². The number of aliphatic hydroxyl groups is 7. The summed E-state index contributed by atoms with van der Waals surface area (Å²) in [6.07, 6.45) is -12.4. The summed E-state index contributed by atoms with van der Waals surface area (Å²) < 4.78 is 15.6. The molecule has 2 rings (SSSR count). The normalized spacial score (nSPS) is 51.7. The number of aliphatic hydroxyl groups excluding tert-OH is 7. The molecule has 0 aromatic heterocycles. The lowest BCUT2D eigenvalue weighted by molar-refractivity contribution is -0.320. The highest BCUT2D eigenvalue weighted by atomic mass is 16.7. The number of ether oxygens (including phenoxy) is 3. The Hall–Kier alpha value is -0.400. The van der Waals surface area contributed by atoms with Crippen LogP contribution in [0.15, 0.2) is 0 Å². The molecule has 1 unspecified atom stereocenters. The van der Waals surface area contributed by atoms with E-state index in [-0.39, 0.29) is 0 Å². The molecule has 23 heavy (non-hydrogen) atoms. The maximum atomic E-state index is 10.3. The Bertz CT molecular complexity index is 378. The molecule has 10 atom stereocenters. The van der Waals surface area contributed by atoms with Gasteiger partial charge in [-0.25, -0.2) is 0 Å². The zero-order valence-electron chi connectivity index (χ0n) is 12.5. The SMILES string of the molecule is CO[C@H]1O[C@H](CO)[C@@H](C2O[C@H](CO)[C@H](O)[C@H](O)[C@H]2O)[C@H](O)[C@H]1O. The van der Waals surface area contributed by atoms with Crippen LogP contribution in [0.4, 0.5) is 0 Å². The third-order valence-electron chi connectivity index (χ3n) is 4.48. The molecule has 2 saturated heterocycles. The van der Waals surface area contributed by atoms with Crippen LogP contribution >= 0.6 is 0 Å². The zero-order valence-corrected chi connectivity index (χ0v) is 12.5. The van der Waals surface area contributed by atoms with Crippen LogP contribution in [0.3, 0.4) is 0 Å². The van der Waals surface area contributed by atoms with Crippen molar-refractivity contribution in [2.24, 2.45) is 5.92 Å². The summed E-state index contributed by atoms with van der Waals surface area (Å²) in [6.45, 7) is -1.19. The summed E-state index contributed by atoms with van der Waals surface area (Å²) in [6, 6.07) is 0. The van der Waals surface area contributed by atoms with Gasteiger partial charge in [-0.1, -0.05) is 0 Å². The van der Waals surface area contributed by atoms with Gasteiger partial charge in [0.1, 0.15) is 30.5 Å². The van der Waals surface area contributed by atoms with Gasteiger partial charge < -0.3 is 50.0 Å². The van der Waals surface area contributed by atoms with Crippen molar-refractivity contribution in [3.05, 3.63) is 0 Å². The van der Waals surface area contributed by atoms with E-state index in [1.165, 1.54) is 7.11 Å². The van der Waals surface area contributed by atoms with E-state index in [1.54, 1.807) is 0 Å². The topological polar surface area (TPSA) is 169 Å². The second kappa shape index (κ2) is 7.66. The molecule has 136 valence electrons. The largest absolute Gasteiger partial charge is 0.394 e. The van der Waals surface area contributed by atoms with Crippen molar-refractivity contribution in [2.75, 3.05) is 20.3 Å². The Kier molecular flexibility index (Phi) is 6.30. The molecule has 0 amide bonds. The molecule has 2 aliphatic rings. The third kappa shape index (κ3) is 3.37. The highest BCUT2D eigenvalue weighted by Gasteiger charge is 2.54. The van der Waals surface area contributed by atoms with Gasteiger partial charge in [0.05, 0.1) is 31.5 Å². The molecule has 2 heterocycles. The lowest BCUT2D eigenvalue weighted by Crippen LogP contribution is -2.67. The van der Waals surface area contributed by atoms with E-state index in [4.69, 9.17) is 14.2 Å². The fourth-order valence-corrected chi connectivity index (χ4v) is 3.17. The molecule has 0 aromatic rings. The number of methoxy groups -OCH3 is 1. The van der Waals surface area contributed by atoms with Crippen LogP contribution in [0, 0.1) is 5.92 Å². The molecule has 10 heteroatoms. The fraction of sp³-hybridized carbons (Fsp3) is 1.00. The Balaban J connectivity index is 2.26. The molecular weight excluding hydrogens is 316 g/mol. The van der Waals surface area contributed by atoms with Crippen LogP contribution in [0.1, 0.15) is 0 Å². The van der Waals surface area contributed by atoms with Crippen molar-refractivity contribution < 1.29 is 50.0 Å². The van der Waals surface area contributed by atoms with E-state index in [0.29, 0.717) is 0 Å². The van der Waals surface area contributed by atoms with Gasteiger partial charge in [0.2, 0.25) is 0 Å². The molecule has 0 aromatic carbocycles. The smallest absolute Gasteiger partial charge is 0.186 e. The predicted molar refractivity (Wildman–Crippen MR) is 72.0 cm³/mol. The lowest BCUT2D eigenvalue weighted by Gasteiger charge is -2.49. The molecule has 0 aliphatic carbocycles. The summed E-state index contributed by atoms with van der Waals surface area (Å²) in [5.74, 6) is -1.12. The maximum absolute atomic E-state index is 10.3. The van der Waals surface area contributed by atoms with Crippen LogP contribution in [-0.2, 0) is 14.2 Å². The summed E-state index contributed by atoms with van der Waals surface area (Å²) in [7, 11) is 1.25. The average Bonchev–Trinajstić information content (AvgIpc) is 2.56. The van der Waals surface area contributed by atoms with Crippen molar-refractivity contribution in [3.63, 3.8) is 0 Å².